The molecule has 3 unspecified atom stereocenters. The van der Waals surface area contributed by atoms with Gasteiger partial charge in [-0.05, 0) is 60.4 Å². The lowest BCUT2D eigenvalue weighted by Gasteiger charge is -2.39. The Balaban J connectivity index is 1.85. The van der Waals surface area contributed by atoms with Crippen LogP contribution in [0.25, 0.3) is 0 Å². The molecule has 7 N–H and O–H groups in total. The summed E-state index contributed by atoms with van der Waals surface area (Å²) in [5.74, 6) is 0.204. The van der Waals surface area contributed by atoms with Gasteiger partial charge in [0.2, 0.25) is 0 Å². The number of aromatic nitrogens is 2. The third-order valence-corrected chi connectivity index (χ3v) is 6.48. The number of nitrogens with zero attached hydrogens (tertiary/aromatic N) is 2. The van der Waals surface area contributed by atoms with Gasteiger partial charge in [0.05, 0.1) is 11.8 Å². The molecular weight excluding hydrogens is 466 g/mol. The molecule has 2 amide bonds. The fourth-order valence-corrected chi connectivity index (χ4v) is 4.48. The minimum atomic E-state index is -1.59. The highest BCUT2D eigenvalue weighted by Gasteiger charge is 2.45. The van der Waals surface area contributed by atoms with Gasteiger partial charge in [0, 0.05) is 18.8 Å². The van der Waals surface area contributed by atoms with Crippen molar-refractivity contribution in [1.82, 2.24) is 15.3 Å². The maximum absolute atomic E-state index is 12.4. The number of carbonyl (C=O) groups excluding carboxylic acids is 1. The first kappa shape index (κ1) is 25.8. The first-order valence-electron chi connectivity index (χ1n) is 11.9. The Hall–Kier alpha value is -4.27. The molecule has 0 aliphatic heterocycles. The Labute approximate surface area is 216 Å². The minimum Gasteiger partial charge on any atom is -0.388 e. The van der Waals surface area contributed by atoms with E-state index in [2.05, 4.69) is 15.3 Å². The third kappa shape index (κ3) is 5.61. The number of nitrogens with one attached hydrogen (secondary N) is 1. The van der Waals surface area contributed by atoms with Crippen LogP contribution in [0.5, 0.6) is 0 Å². The predicted molar refractivity (Wildman–Crippen MR) is 142 cm³/mol. The number of nitrogen functional groups attached to an aromatic ring is 1. The van der Waals surface area contributed by atoms with Crippen molar-refractivity contribution in [3.05, 3.63) is 124 Å². The summed E-state index contributed by atoms with van der Waals surface area (Å²) in [6, 6.07) is 20.9. The van der Waals surface area contributed by atoms with E-state index in [9.17, 15) is 15.0 Å². The molecule has 0 radical (unpaired) electrons. The molecular formula is C29H31N5O3. The normalized spacial score (nSPS) is 14.4. The number of aliphatic hydroxyl groups excluding tert-OH is 2. The van der Waals surface area contributed by atoms with Crippen molar-refractivity contribution in [3.8, 4) is 0 Å². The Bertz CT molecular complexity index is 1380. The molecule has 2 heterocycles. The van der Waals surface area contributed by atoms with Crippen LogP contribution in [0.4, 0.5) is 10.6 Å². The fourth-order valence-electron chi connectivity index (χ4n) is 4.48. The largest absolute Gasteiger partial charge is 0.388 e. The molecule has 37 heavy (non-hydrogen) atoms. The molecule has 2 aromatic heterocycles. The minimum absolute atomic E-state index is 0.204. The van der Waals surface area contributed by atoms with Crippen LogP contribution in [-0.2, 0) is 12.0 Å². The smallest absolute Gasteiger partial charge is 0.313 e. The van der Waals surface area contributed by atoms with E-state index in [-0.39, 0.29) is 5.82 Å². The average molecular weight is 498 g/mol. The van der Waals surface area contributed by atoms with E-state index in [1.807, 2.05) is 50.2 Å². The van der Waals surface area contributed by atoms with Crippen molar-refractivity contribution in [2.75, 3.05) is 5.73 Å². The van der Waals surface area contributed by atoms with Crippen LogP contribution in [0.1, 0.15) is 51.3 Å². The van der Waals surface area contributed by atoms with E-state index < -0.39 is 23.8 Å². The number of urea groups is 1. The van der Waals surface area contributed by atoms with Gasteiger partial charge in [-0.1, -0.05) is 59.7 Å². The molecule has 3 atom stereocenters. The Morgan fingerprint density at radius 2 is 1.49 bits per heavy atom. The fraction of sp³-hybridized carbons (Fsp3) is 0.207. The number of carbonyl (C=O) groups is 1. The van der Waals surface area contributed by atoms with Crippen molar-refractivity contribution < 1.29 is 15.0 Å². The molecule has 4 rings (SSSR count). The number of aliphatic hydroxyl groups is 2. The maximum atomic E-state index is 12.4. The zero-order chi connectivity index (χ0) is 26.6. The summed E-state index contributed by atoms with van der Waals surface area (Å²) in [6.45, 7) is 3.93. The highest BCUT2D eigenvalue weighted by atomic mass is 16.3. The molecule has 0 aliphatic rings. The van der Waals surface area contributed by atoms with Crippen LogP contribution >= 0.6 is 0 Å². The van der Waals surface area contributed by atoms with Gasteiger partial charge in [-0.25, -0.2) is 9.78 Å². The summed E-state index contributed by atoms with van der Waals surface area (Å²) >= 11 is 0. The van der Waals surface area contributed by atoms with Gasteiger partial charge in [0.25, 0.3) is 0 Å². The summed E-state index contributed by atoms with van der Waals surface area (Å²) in [5.41, 5.74) is 15.1. The molecule has 0 saturated carbocycles. The van der Waals surface area contributed by atoms with Gasteiger partial charge in [-0.3, -0.25) is 4.98 Å². The van der Waals surface area contributed by atoms with Crippen LogP contribution < -0.4 is 16.8 Å². The lowest BCUT2D eigenvalue weighted by molar-refractivity contribution is 0.0842. The van der Waals surface area contributed by atoms with Crippen LogP contribution in [0.3, 0.4) is 0 Å². The Morgan fingerprint density at radius 1 is 0.892 bits per heavy atom. The number of pyridine rings is 2. The first-order chi connectivity index (χ1) is 17.7. The first-order valence-corrected chi connectivity index (χ1v) is 11.9. The number of primary amides is 1. The van der Waals surface area contributed by atoms with Gasteiger partial charge < -0.3 is 27.0 Å². The number of benzene rings is 2. The molecule has 8 heteroatoms. The van der Waals surface area contributed by atoms with E-state index in [4.69, 9.17) is 11.5 Å². The van der Waals surface area contributed by atoms with Gasteiger partial charge in [-0.15, -0.1) is 0 Å². The van der Waals surface area contributed by atoms with Crippen LogP contribution in [0.15, 0.2) is 85.2 Å². The molecule has 4 aromatic rings. The van der Waals surface area contributed by atoms with E-state index in [1.165, 1.54) is 6.20 Å². The van der Waals surface area contributed by atoms with E-state index in [1.54, 1.807) is 42.6 Å². The highest BCUT2D eigenvalue weighted by Crippen LogP contribution is 2.41. The molecule has 0 saturated heterocycles. The Kier molecular flexibility index (Phi) is 7.52. The Morgan fingerprint density at radius 3 is 2.08 bits per heavy atom. The standard InChI is InChI=1S/C29H31N5O3/c1-18-3-7-21(8-4-18)24(35)15-20-11-13-32-25(16-20)29(34-28(31)37,23-12-14-33-26(30)17-23)27(36)22-9-5-19(2)6-10-22/h3-14,16-17,24,27,35-36H,15H2,1-2H3,(H2,30,33)(H3,31,34,37). The number of amides is 2. The molecule has 190 valence electrons. The maximum Gasteiger partial charge on any atom is 0.313 e. The monoisotopic (exact) mass is 497 g/mol. The van der Waals surface area contributed by atoms with Gasteiger partial charge in [0.15, 0.2) is 0 Å². The number of hydrogen-bond acceptors (Lipinski definition) is 6. The van der Waals surface area contributed by atoms with Crippen LogP contribution in [0.2, 0.25) is 0 Å². The summed E-state index contributed by atoms with van der Waals surface area (Å²) < 4.78 is 0. The molecule has 0 spiro atoms. The van der Waals surface area contributed by atoms with Gasteiger partial charge in [-0.2, -0.15) is 0 Å². The summed E-state index contributed by atoms with van der Waals surface area (Å²) in [4.78, 5) is 21.0. The lowest BCUT2D eigenvalue weighted by atomic mass is 9.77. The number of anilines is 1. The van der Waals surface area contributed by atoms with E-state index >= 15 is 0 Å². The summed E-state index contributed by atoms with van der Waals surface area (Å²) in [5, 5.41) is 25.5. The average Bonchev–Trinajstić information content (AvgIpc) is 2.87. The SMILES string of the molecule is Cc1ccc(C(O)Cc2ccnc(C(NC(N)=O)(c3ccnc(N)c3)C(O)c3ccc(C)cc3)c2)cc1. The highest BCUT2D eigenvalue weighted by molar-refractivity contribution is 5.74. The van der Waals surface area contributed by atoms with Crippen LogP contribution in [0, 0.1) is 13.8 Å². The van der Waals surface area contributed by atoms with Crippen molar-refractivity contribution in [1.29, 1.82) is 0 Å². The van der Waals surface area contributed by atoms with Crippen molar-refractivity contribution >= 4 is 11.8 Å². The van der Waals surface area contributed by atoms with Crippen molar-refractivity contribution in [3.63, 3.8) is 0 Å². The summed E-state index contributed by atoms with van der Waals surface area (Å²) in [7, 11) is 0. The van der Waals surface area contributed by atoms with Crippen molar-refractivity contribution in [2.45, 2.75) is 38.0 Å². The number of aryl methyl sites for hydroxylation is 2. The molecule has 8 nitrogen and oxygen atoms in total. The van der Waals surface area contributed by atoms with Crippen molar-refractivity contribution in [2.24, 2.45) is 5.73 Å². The van der Waals surface area contributed by atoms with E-state index in [0.29, 0.717) is 23.2 Å². The second kappa shape index (κ2) is 10.8. The van der Waals surface area contributed by atoms with Crippen LogP contribution in [-0.4, -0.2) is 26.2 Å². The number of hydrogen-bond donors (Lipinski definition) is 5. The molecule has 0 aliphatic carbocycles. The quantitative estimate of drug-likeness (QED) is 0.251. The number of rotatable bonds is 8. The molecule has 2 aromatic carbocycles. The molecule has 0 fully saturated rings. The zero-order valence-corrected chi connectivity index (χ0v) is 20.8. The number of nitrogens with two attached hydrogens (primary N) is 2. The zero-order valence-electron chi connectivity index (χ0n) is 20.8. The second-order valence-electron chi connectivity index (χ2n) is 9.26. The predicted octanol–water partition coefficient (Wildman–Crippen LogP) is 3.60. The lowest BCUT2D eigenvalue weighted by Crippen LogP contribution is -2.53. The second-order valence-corrected chi connectivity index (χ2v) is 9.26. The van der Waals surface area contributed by atoms with Gasteiger partial charge in [0.1, 0.15) is 17.5 Å². The summed E-state index contributed by atoms with van der Waals surface area (Å²) in [6.07, 6.45) is 1.33. The van der Waals surface area contributed by atoms with Gasteiger partial charge >= 0.3 is 6.03 Å². The van der Waals surface area contributed by atoms with E-state index in [0.717, 1.165) is 22.3 Å². The molecule has 0 bridgehead atoms. The topological polar surface area (TPSA) is 147 Å². The third-order valence-electron chi connectivity index (χ3n) is 6.48.